The largest absolute Gasteiger partial charge is 0.481 e. The van der Waals surface area contributed by atoms with Crippen molar-refractivity contribution in [3.05, 3.63) is 12.2 Å². The molecule has 1 atom stereocenters. The third-order valence-electron chi connectivity index (χ3n) is 3.81. The van der Waals surface area contributed by atoms with Gasteiger partial charge in [-0.3, -0.25) is 4.79 Å². The van der Waals surface area contributed by atoms with Crippen LogP contribution < -0.4 is 5.32 Å². The van der Waals surface area contributed by atoms with Gasteiger partial charge in [-0.15, -0.1) is 0 Å². The minimum atomic E-state index is -0.750. The molecular formula is C15H26N2O3. The second-order valence-electron chi connectivity index (χ2n) is 5.66. The van der Waals surface area contributed by atoms with Crippen LogP contribution in [0.3, 0.4) is 0 Å². The first-order chi connectivity index (χ1) is 9.50. The highest BCUT2D eigenvalue weighted by atomic mass is 16.4. The molecular weight excluding hydrogens is 256 g/mol. The van der Waals surface area contributed by atoms with Gasteiger partial charge in [0.15, 0.2) is 0 Å². The lowest BCUT2D eigenvalue weighted by Crippen LogP contribution is -2.42. The van der Waals surface area contributed by atoms with Gasteiger partial charge in [0.2, 0.25) is 0 Å². The molecule has 5 heteroatoms. The molecule has 5 nitrogen and oxygen atoms in total. The molecule has 0 aromatic rings. The Balaban J connectivity index is 2.27. The Kier molecular flexibility index (Phi) is 7.12. The summed E-state index contributed by atoms with van der Waals surface area (Å²) in [5.74, 6) is 0.0246. The van der Waals surface area contributed by atoms with E-state index in [0.717, 1.165) is 19.4 Å². The molecule has 0 aliphatic carbocycles. The average molecular weight is 282 g/mol. The van der Waals surface area contributed by atoms with Gasteiger partial charge in [0.1, 0.15) is 0 Å². The van der Waals surface area contributed by atoms with Crippen LogP contribution >= 0.6 is 0 Å². The van der Waals surface area contributed by atoms with E-state index in [4.69, 9.17) is 5.11 Å². The van der Waals surface area contributed by atoms with Crippen molar-refractivity contribution in [2.75, 3.05) is 19.6 Å². The summed E-state index contributed by atoms with van der Waals surface area (Å²) in [5.41, 5.74) is 0. The van der Waals surface area contributed by atoms with Crippen LogP contribution in [-0.2, 0) is 4.79 Å². The number of urea groups is 1. The van der Waals surface area contributed by atoms with E-state index in [1.807, 2.05) is 6.08 Å². The number of hydrogen-bond donors (Lipinski definition) is 2. The number of amides is 2. The fraction of sp³-hybridized carbons (Fsp3) is 0.733. The van der Waals surface area contributed by atoms with Gasteiger partial charge in [0, 0.05) is 26.1 Å². The van der Waals surface area contributed by atoms with Gasteiger partial charge < -0.3 is 15.3 Å². The predicted molar refractivity (Wildman–Crippen MR) is 78.5 cm³/mol. The van der Waals surface area contributed by atoms with Crippen molar-refractivity contribution in [1.29, 1.82) is 0 Å². The first-order valence-corrected chi connectivity index (χ1v) is 7.40. The van der Waals surface area contributed by atoms with Gasteiger partial charge in [0.25, 0.3) is 0 Å². The molecule has 0 aromatic carbocycles. The van der Waals surface area contributed by atoms with E-state index in [-0.39, 0.29) is 12.5 Å². The molecule has 0 saturated carbocycles. The molecule has 0 bridgehead atoms. The SMILES string of the molecule is CC(C)C(CCNC(=O)N1CC=CCC1)CCC(=O)O. The molecule has 0 aromatic heterocycles. The molecule has 1 aliphatic heterocycles. The van der Waals surface area contributed by atoms with Crippen LogP contribution in [0.15, 0.2) is 12.2 Å². The zero-order valence-electron chi connectivity index (χ0n) is 12.5. The number of carbonyl (C=O) groups excluding carboxylic acids is 1. The molecule has 1 unspecified atom stereocenters. The Bertz CT molecular complexity index is 353. The van der Waals surface area contributed by atoms with Crippen molar-refractivity contribution < 1.29 is 14.7 Å². The monoisotopic (exact) mass is 282 g/mol. The number of carbonyl (C=O) groups is 2. The van der Waals surface area contributed by atoms with Crippen molar-refractivity contribution in [2.24, 2.45) is 11.8 Å². The summed E-state index contributed by atoms with van der Waals surface area (Å²) in [4.78, 5) is 24.3. The van der Waals surface area contributed by atoms with E-state index >= 15 is 0 Å². The highest BCUT2D eigenvalue weighted by Crippen LogP contribution is 2.20. The van der Waals surface area contributed by atoms with Crippen LogP contribution in [0.2, 0.25) is 0 Å². The number of carboxylic acid groups (broad SMARTS) is 1. The Labute approximate surface area is 121 Å². The quantitative estimate of drug-likeness (QED) is 0.705. The Morgan fingerprint density at radius 2 is 2.05 bits per heavy atom. The third kappa shape index (κ3) is 6.08. The predicted octanol–water partition coefficient (Wildman–Crippen LogP) is 2.49. The van der Waals surface area contributed by atoms with Crippen LogP contribution in [0, 0.1) is 11.8 Å². The second kappa shape index (κ2) is 8.61. The summed E-state index contributed by atoms with van der Waals surface area (Å²) < 4.78 is 0. The number of hydrogen-bond acceptors (Lipinski definition) is 2. The maximum atomic E-state index is 11.9. The van der Waals surface area contributed by atoms with E-state index in [1.54, 1.807) is 4.90 Å². The number of nitrogens with zero attached hydrogens (tertiary/aromatic N) is 1. The van der Waals surface area contributed by atoms with Gasteiger partial charge in [0.05, 0.1) is 0 Å². The number of aliphatic carboxylic acids is 1. The van der Waals surface area contributed by atoms with Crippen LogP contribution in [0.4, 0.5) is 4.79 Å². The minimum Gasteiger partial charge on any atom is -0.481 e. The normalized spacial score (nSPS) is 16.2. The fourth-order valence-corrected chi connectivity index (χ4v) is 2.42. The smallest absolute Gasteiger partial charge is 0.317 e. The Morgan fingerprint density at radius 3 is 2.60 bits per heavy atom. The lowest BCUT2D eigenvalue weighted by atomic mass is 9.88. The van der Waals surface area contributed by atoms with Crippen molar-refractivity contribution >= 4 is 12.0 Å². The minimum absolute atomic E-state index is 0.0184. The standard InChI is InChI=1S/C15H26N2O3/c1-12(2)13(6-7-14(18)19)8-9-16-15(20)17-10-4-3-5-11-17/h3-4,12-13H,5-11H2,1-2H3,(H,16,20)(H,18,19). The number of nitrogens with one attached hydrogen (secondary N) is 1. The van der Waals surface area contributed by atoms with Gasteiger partial charge in [-0.25, -0.2) is 4.79 Å². The maximum absolute atomic E-state index is 11.9. The number of rotatable bonds is 7. The van der Waals surface area contributed by atoms with Crippen molar-refractivity contribution in [2.45, 2.75) is 39.5 Å². The zero-order chi connectivity index (χ0) is 15.0. The molecule has 20 heavy (non-hydrogen) atoms. The van der Waals surface area contributed by atoms with Crippen LogP contribution in [0.25, 0.3) is 0 Å². The Hall–Kier alpha value is -1.52. The molecule has 2 N–H and O–H groups in total. The topological polar surface area (TPSA) is 69.6 Å². The molecule has 0 radical (unpaired) electrons. The summed E-state index contributed by atoms with van der Waals surface area (Å²) in [6.45, 7) is 6.27. The van der Waals surface area contributed by atoms with Crippen LogP contribution in [-0.4, -0.2) is 41.6 Å². The van der Waals surface area contributed by atoms with E-state index in [0.29, 0.717) is 31.3 Å². The molecule has 2 amide bonds. The maximum Gasteiger partial charge on any atom is 0.317 e. The van der Waals surface area contributed by atoms with Crippen LogP contribution in [0.1, 0.15) is 39.5 Å². The highest BCUT2D eigenvalue weighted by Gasteiger charge is 2.17. The molecule has 1 rings (SSSR count). The molecule has 1 heterocycles. The van der Waals surface area contributed by atoms with E-state index in [9.17, 15) is 9.59 Å². The molecule has 0 saturated heterocycles. The first kappa shape index (κ1) is 16.5. The first-order valence-electron chi connectivity index (χ1n) is 7.40. The second-order valence-corrected chi connectivity index (χ2v) is 5.66. The molecule has 0 spiro atoms. The third-order valence-corrected chi connectivity index (χ3v) is 3.81. The lowest BCUT2D eigenvalue weighted by molar-refractivity contribution is -0.137. The van der Waals surface area contributed by atoms with Gasteiger partial charge in [-0.1, -0.05) is 26.0 Å². The summed E-state index contributed by atoms with van der Waals surface area (Å²) in [7, 11) is 0. The summed E-state index contributed by atoms with van der Waals surface area (Å²) in [6.07, 6.45) is 6.72. The summed E-state index contributed by atoms with van der Waals surface area (Å²) in [5, 5.41) is 11.7. The molecule has 1 aliphatic rings. The zero-order valence-corrected chi connectivity index (χ0v) is 12.5. The summed E-state index contributed by atoms with van der Waals surface area (Å²) in [6, 6.07) is -0.0184. The van der Waals surface area contributed by atoms with E-state index in [2.05, 4.69) is 25.2 Å². The van der Waals surface area contributed by atoms with Crippen molar-refractivity contribution in [1.82, 2.24) is 10.2 Å². The summed E-state index contributed by atoms with van der Waals surface area (Å²) >= 11 is 0. The average Bonchev–Trinajstić information content (AvgIpc) is 2.42. The highest BCUT2D eigenvalue weighted by molar-refractivity contribution is 5.74. The van der Waals surface area contributed by atoms with E-state index < -0.39 is 5.97 Å². The number of carboxylic acids is 1. The van der Waals surface area contributed by atoms with Gasteiger partial charge in [-0.2, -0.15) is 0 Å². The van der Waals surface area contributed by atoms with Crippen LogP contribution in [0.5, 0.6) is 0 Å². The Morgan fingerprint density at radius 1 is 1.30 bits per heavy atom. The fourth-order valence-electron chi connectivity index (χ4n) is 2.42. The van der Waals surface area contributed by atoms with Gasteiger partial charge in [-0.05, 0) is 31.1 Å². The van der Waals surface area contributed by atoms with E-state index in [1.165, 1.54) is 0 Å². The lowest BCUT2D eigenvalue weighted by Gasteiger charge is -2.25. The van der Waals surface area contributed by atoms with Crippen molar-refractivity contribution in [3.8, 4) is 0 Å². The molecule has 114 valence electrons. The van der Waals surface area contributed by atoms with Crippen molar-refractivity contribution in [3.63, 3.8) is 0 Å². The molecule has 0 fully saturated rings. The van der Waals surface area contributed by atoms with Gasteiger partial charge >= 0.3 is 12.0 Å².